The molecule has 0 amide bonds. The van der Waals surface area contributed by atoms with Gasteiger partial charge in [-0.05, 0) is 39.5 Å². The molecule has 3 aromatic rings. The van der Waals surface area contributed by atoms with Crippen molar-refractivity contribution < 1.29 is 9.90 Å². The van der Waals surface area contributed by atoms with E-state index in [4.69, 9.17) is 0 Å². The Bertz CT molecular complexity index is 768. The zero-order chi connectivity index (χ0) is 14.8. The van der Waals surface area contributed by atoms with Gasteiger partial charge in [0.05, 0.1) is 17.1 Å². The topological polar surface area (TPSA) is 80.9 Å². The molecule has 0 radical (unpaired) electrons. The van der Waals surface area contributed by atoms with E-state index in [0.717, 1.165) is 15.0 Å². The third-order valence-electron chi connectivity index (χ3n) is 2.79. The van der Waals surface area contributed by atoms with Crippen molar-refractivity contribution in [1.29, 1.82) is 0 Å². The van der Waals surface area contributed by atoms with E-state index < -0.39 is 5.97 Å². The number of thiophene rings is 1. The van der Waals surface area contributed by atoms with Crippen LogP contribution >= 0.6 is 27.3 Å². The Kier molecular flexibility index (Phi) is 3.80. The fourth-order valence-electron chi connectivity index (χ4n) is 1.88. The number of hydrogen-bond acceptors (Lipinski definition) is 5. The molecule has 0 aliphatic heterocycles. The van der Waals surface area contributed by atoms with E-state index in [1.165, 1.54) is 11.3 Å². The lowest BCUT2D eigenvalue weighted by Crippen LogP contribution is -2.06. The number of hydrogen-bond donors (Lipinski definition) is 1. The number of carboxylic acid groups (broad SMARTS) is 1. The van der Waals surface area contributed by atoms with Crippen LogP contribution in [0.4, 0.5) is 0 Å². The highest BCUT2D eigenvalue weighted by Gasteiger charge is 2.21. The zero-order valence-corrected chi connectivity index (χ0v) is 13.0. The molecule has 1 N–H and O–H groups in total. The molecule has 106 valence electrons. The molecule has 0 fully saturated rings. The molecule has 6 nitrogen and oxygen atoms in total. The molecule has 0 saturated heterocycles. The van der Waals surface area contributed by atoms with Gasteiger partial charge in [0.2, 0.25) is 0 Å². The standard InChI is InChI=1S/C13H9BrN4O2S/c14-8-3-4-9(15-6-8)7-18-12(10-2-1-5-21-10)11(13(19)20)16-17-18/h1-6H,7H2,(H,19,20). The highest BCUT2D eigenvalue weighted by Crippen LogP contribution is 2.27. The van der Waals surface area contributed by atoms with Crippen molar-refractivity contribution in [2.75, 3.05) is 0 Å². The first-order valence-corrected chi connectivity index (χ1v) is 7.63. The summed E-state index contributed by atoms with van der Waals surface area (Å²) in [4.78, 5) is 16.4. The molecule has 0 aliphatic rings. The maximum Gasteiger partial charge on any atom is 0.358 e. The minimum atomic E-state index is -1.09. The van der Waals surface area contributed by atoms with Gasteiger partial charge in [0.1, 0.15) is 5.69 Å². The van der Waals surface area contributed by atoms with E-state index in [2.05, 4.69) is 31.2 Å². The number of halogens is 1. The molecule has 0 saturated carbocycles. The second kappa shape index (κ2) is 5.74. The predicted octanol–water partition coefficient (Wildman–Crippen LogP) is 2.91. The molecule has 0 atom stereocenters. The summed E-state index contributed by atoms with van der Waals surface area (Å²) in [7, 11) is 0. The number of pyridine rings is 1. The van der Waals surface area contributed by atoms with Crippen LogP contribution in [0.5, 0.6) is 0 Å². The molecule has 3 aromatic heterocycles. The molecular weight excluding hydrogens is 356 g/mol. The lowest BCUT2D eigenvalue weighted by atomic mass is 10.2. The number of aromatic carboxylic acids is 1. The largest absolute Gasteiger partial charge is 0.476 e. The summed E-state index contributed by atoms with van der Waals surface area (Å²) >= 11 is 4.77. The van der Waals surface area contributed by atoms with Gasteiger partial charge in [-0.1, -0.05) is 11.3 Å². The van der Waals surface area contributed by atoms with Gasteiger partial charge in [-0.3, -0.25) is 4.98 Å². The molecule has 21 heavy (non-hydrogen) atoms. The predicted molar refractivity (Wildman–Crippen MR) is 81.3 cm³/mol. The van der Waals surface area contributed by atoms with E-state index in [9.17, 15) is 9.90 Å². The maximum absolute atomic E-state index is 11.3. The normalized spacial score (nSPS) is 10.7. The number of rotatable bonds is 4. The first-order valence-electron chi connectivity index (χ1n) is 5.96. The van der Waals surface area contributed by atoms with E-state index >= 15 is 0 Å². The number of nitrogens with zero attached hydrogens (tertiary/aromatic N) is 4. The second-order valence-corrected chi connectivity index (χ2v) is 6.06. The lowest BCUT2D eigenvalue weighted by molar-refractivity contribution is 0.0691. The van der Waals surface area contributed by atoms with Gasteiger partial charge in [0, 0.05) is 10.7 Å². The molecule has 0 bridgehead atoms. The monoisotopic (exact) mass is 364 g/mol. The minimum absolute atomic E-state index is 0.0467. The summed E-state index contributed by atoms with van der Waals surface area (Å²) in [6, 6.07) is 7.44. The van der Waals surface area contributed by atoms with Gasteiger partial charge in [-0.15, -0.1) is 16.4 Å². The van der Waals surface area contributed by atoms with Crippen LogP contribution in [0.3, 0.4) is 0 Å². The van der Waals surface area contributed by atoms with Crippen LogP contribution in [0.15, 0.2) is 40.3 Å². The highest BCUT2D eigenvalue weighted by molar-refractivity contribution is 9.10. The Hall–Kier alpha value is -2.06. The molecule has 3 heterocycles. The molecule has 3 rings (SSSR count). The van der Waals surface area contributed by atoms with E-state index in [1.807, 2.05) is 29.6 Å². The van der Waals surface area contributed by atoms with Crippen molar-refractivity contribution >= 4 is 33.2 Å². The number of carboxylic acids is 1. The van der Waals surface area contributed by atoms with Crippen LogP contribution in [-0.4, -0.2) is 31.1 Å². The lowest BCUT2D eigenvalue weighted by Gasteiger charge is -2.05. The molecule has 0 aromatic carbocycles. The van der Waals surface area contributed by atoms with Crippen LogP contribution in [0, 0.1) is 0 Å². The van der Waals surface area contributed by atoms with Gasteiger partial charge in [-0.25, -0.2) is 9.48 Å². The van der Waals surface area contributed by atoms with Gasteiger partial charge >= 0.3 is 5.97 Å². The first kappa shape index (κ1) is 13.9. The molecule has 0 aliphatic carbocycles. The summed E-state index contributed by atoms with van der Waals surface area (Å²) in [5.41, 5.74) is 1.23. The fourth-order valence-corrected chi connectivity index (χ4v) is 2.89. The van der Waals surface area contributed by atoms with Crippen molar-refractivity contribution in [2.24, 2.45) is 0 Å². The first-order chi connectivity index (χ1) is 10.1. The van der Waals surface area contributed by atoms with Crippen LogP contribution in [0.25, 0.3) is 10.6 Å². The summed E-state index contributed by atoms with van der Waals surface area (Å²) in [6.07, 6.45) is 1.69. The van der Waals surface area contributed by atoms with Crippen molar-refractivity contribution in [3.8, 4) is 10.6 Å². The smallest absolute Gasteiger partial charge is 0.358 e. The fraction of sp³-hybridized carbons (Fsp3) is 0.0769. The van der Waals surface area contributed by atoms with Gasteiger partial charge in [0.15, 0.2) is 5.69 Å². The van der Waals surface area contributed by atoms with Gasteiger partial charge in [-0.2, -0.15) is 0 Å². The third kappa shape index (κ3) is 2.86. The molecular formula is C13H9BrN4O2S. The van der Waals surface area contributed by atoms with Crippen molar-refractivity contribution in [1.82, 2.24) is 20.0 Å². The number of aromatic nitrogens is 4. The van der Waals surface area contributed by atoms with Crippen LogP contribution in [-0.2, 0) is 6.54 Å². The molecule has 0 spiro atoms. The molecule has 8 heteroatoms. The Morgan fingerprint density at radius 2 is 2.24 bits per heavy atom. The minimum Gasteiger partial charge on any atom is -0.476 e. The Labute approximate surface area is 132 Å². The van der Waals surface area contributed by atoms with Crippen LogP contribution < -0.4 is 0 Å². The number of carbonyl (C=O) groups is 1. The summed E-state index contributed by atoms with van der Waals surface area (Å²) in [6.45, 7) is 0.362. The van der Waals surface area contributed by atoms with E-state index in [1.54, 1.807) is 10.9 Å². The average molecular weight is 365 g/mol. The van der Waals surface area contributed by atoms with Gasteiger partial charge < -0.3 is 5.11 Å². The Morgan fingerprint density at radius 3 is 2.86 bits per heavy atom. The zero-order valence-electron chi connectivity index (χ0n) is 10.6. The highest BCUT2D eigenvalue weighted by atomic mass is 79.9. The Morgan fingerprint density at radius 1 is 1.38 bits per heavy atom. The van der Waals surface area contributed by atoms with E-state index in [-0.39, 0.29) is 5.69 Å². The maximum atomic E-state index is 11.3. The summed E-state index contributed by atoms with van der Waals surface area (Å²) in [5, 5.41) is 18.9. The van der Waals surface area contributed by atoms with Gasteiger partial charge in [0.25, 0.3) is 0 Å². The Balaban J connectivity index is 2.03. The molecule has 0 unspecified atom stereocenters. The second-order valence-electron chi connectivity index (χ2n) is 4.19. The summed E-state index contributed by atoms with van der Waals surface area (Å²) in [5.74, 6) is -1.09. The van der Waals surface area contributed by atoms with Crippen LogP contribution in [0.2, 0.25) is 0 Å². The van der Waals surface area contributed by atoms with E-state index in [0.29, 0.717) is 12.2 Å². The third-order valence-corrected chi connectivity index (χ3v) is 4.14. The quantitative estimate of drug-likeness (QED) is 0.769. The average Bonchev–Trinajstić information content (AvgIpc) is 3.10. The SMILES string of the molecule is O=C(O)c1nnn(Cc2ccc(Br)cn2)c1-c1cccs1. The van der Waals surface area contributed by atoms with Crippen molar-refractivity contribution in [3.63, 3.8) is 0 Å². The summed E-state index contributed by atoms with van der Waals surface area (Å²) < 4.78 is 2.44. The van der Waals surface area contributed by atoms with Crippen molar-refractivity contribution in [3.05, 3.63) is 51.7 Å². The van der Waals surface area contributed by atoms with Crippen molar-refractivity contribution in [2.45, 2.75) is 6.54 Å². The van der Waals surface area contributed by atoms with Crippen LogP contribution in [0.1, 0.15) is 16.2 Å².